The fourth-order valence-electron chi connectivity index (χ4n) is 3.61. The molecule has 0 amide bonds. The van der Waals surface area contributed by atoms with E-state index in [1.165, 1.54) is 0 Å². The number of rotatable bonds is 3. The first-order valence-electron chi connectivity index (χ1n) is 8.97. The van der Waals surface area contributed by atoms with Crippen LogP contribution < -0.4 is 4.90 Å². The maximum Gasteiger partial charge on any atom is 0.226 e. The predicted molar refractivity (Wildman–Crippen MR) is 102 cm³/mol. The van der Waals surface area contributed by atoms with E-state index in [4.69, 9.17) is 9.97 Å². The first-order valence-corrected chi connectivity index (χ1v) is 8.97. The smallest absolute Gasteiger partial charge is 0.226 e. The van der Waals surface area contributed by atoms with Crippen LogP contribution in [0.1, 0.15) is 19.8 Å². The molecule has 4 nitrogen and oxygen atoms in total. The number of benzene rings is 2. The van der Waals surface area contributed by atoms with Gasteiger partial charge in [-0.15, -0.1) is 0 Å². The Labute approximate surface area is 148 Å². The van der Waals surface area contributed by atoms with Crippen LogP contribution in [0.2, 0.25) is 0 Å². The van der Waals surface area contributed by atoms with Crippen LogP contribution in [0, 0.1) is 5.92 Å². The Bertz CT molecular complexity index is 863. The molecule has 1 fully saturated rings. The van der Waals surface area contributed by atoms with Gasteiger partial charge in [-0.3, -0.25) is 0 Å². The number of fused-ring (bicyclic) bond motifs is 1. The van der Waals surface area contributed by atoms with Gasteiger partial charge in [-0.05, 0) is 25.8 Å². The second kappa shape index (κ2) is 6.81. The summed E-state index contributed by atoms with van der Waals surface area (Å²) in [5, 5.41) is 11.0. The molecule has 0 aliphatic carbocycles. The molecule has 4 heteroatoms. The van der Waals surface area contributed by atoms with Crippen molar-refractivity contribution in [2.24, 2.45) is 5.92 Å². The second-order valence-electron chi connectivity index (χ2n) is 6.84. The number of anilines is 1. The summed E-state index contributed by atoms with van der Waals surface area (Å²) in [5.74, 6) is 1.05. The van der Waals surface area contributed by atoms with Crippen molar-refractivity contribution in [1.82, 2.24) is 9.97 Å². The van der Waals surface area contributed by atoms with Gasteiger partial charge in [-0.2, -0.15) is 0 Å². The fraction of sp³-hybridized carbons (Fsp3) is 0.333. The molecule has 0 radical (unpaired) electrons. The lowest BCUT2D eigenvalue weighted by atomic mass is 9.93. The monoisotopic (exact) mass is 333 g/mol. The van der Waals surface area contributed by atoms with Crippen molar-refractivity contribution in [2.75, 3.05) is 18.0 Å². The standard InChI is InChI=1S/C21H23N3O/c1-15(25)17-10-7-13-24(14-17)21-22-19-12-6-5-11-18(19)20(23-21)16-8-3-2-4-9-16/h2-6,8-9,11-12,15,17,25H,7,10,13-14H2,1H3. The van der Waals surface area contributed by atoms with Crippen molar-refractivity contribution >= 4 is 16.9 Å². The maximum atomic E-state index is 9.98. The molecular formula is C21H23N3O. The molecule has 1 aromatic heterocycles. The van der Waals surface area contributed by atoms with Crippen molar-refractivity contribution in [3.63, 3.8) is 0 Å². The van der Waals surface area contributed by atoms with Gasteiger partial charge in [0.25, 0.3) is 0 Å². The molecule has 2 aromatic carbocycles. The van der Waals surface area contributed by atoms with Gasteiger partial charge in [0.05, 0.1) is 17.3 Å². The first-order chi connectivity index (χ1) is 12.2. The van der Waals surface area contributed by atoms with Gasteiger partial charge in [0.1, 0.15) is 0 Å². The van der Waals surface area contributed by atoms with Crippen molar-refractivity contribution in [2.45, 2.75) is 25.9 Å². The SMILES string of the molecule is CC(O)C1CCCN(c2nc(-c3ccccc3)c3ccccc3n2)C1. The zero-order valence-corrected chi connectivity index (χ0v) is 14.5. The molecule has 1 saturated heterocycles. The molecular weight excluding hydrogens is 310 g/mol. The summed E-state index contributed by atoms with van der Waals surface area (Å²) >= 11 is 0. The molecule has 1 aliphatic heterocycles. The minimum absolute atomic E-state index is 0.281. The minimum atomic E-state index is -0.295. The van der Waals surface area contributed by atoms with Crippen LogP contribution >= 0.6 is 0 Å². The predicted octanol–water partition coefficient (Wildman–Crippen LogP) is 3.89. The Hall–Kier alpha value is -2.46. The van der Waals surface area contributed by atoms with Gasteiger partial charge in [0.2, 0.25) is 5.95 Å². The van der Waals surface area contributed by atoms with Crippen LogP contribution in [0.25, 0.3) is 22.2 Å². The third-order valence-corrected chi connectivity index (χ3v) is 5.06. The van der Waals surface area contributed by atoms with E-state index in [-0.39, 0.29) is 12.0 Å². The summed E-state index contributed by atoms with van der Waals surface area (Å²) in [6.07, 6.45) is 1.83. The number of aromatic nitrogens is 2. The number of aliphatic hydroxyl groups is 1. The van der Waals surface area contributed by atoms with Crippen LogP contribution in [0.5, 0.6) is 0 Å². The number of piperidine rings is 1. The largest absolute Gasteiger partial charge is 0.393 e. The highest BCUT2D eigenvalue weighted by Gasteiger charge is 2.25. The lowest BCUT2D eigenvalue weighted by Crippen LogP contribution is -2.40. The van der Waals surface area contributed by atoms with Gasteiger partial charge >= 0.3 is 0 Å². The summed E-state index contributed by atoms with van der Waals surface area (Å²) in [6.45, 7) is 3.63. The minimum Gasteiger partial charge on any atom is -0.393 e. The first kappa shape index (κ1) is 16.0. The molecule has 3 aromatic rings. The summed E-state index contributed by atoms with van der Waals surface area (Å²) in [6, 6.07) is 18.4. The van der Waals surface area contributed by atoms with E-state index in [2.05, 4.69) is 23.1 Å². The molecule has 0 saturated carbocycles. The molecule has 0 bridgehead atoms. The normalized spacial score (nSPS) is 19.1. The third-order valence-electron chi connectivity index (χ3n) is 5.06. The summed E-state index contributed by atoms with van der Waals surface area (Å²) in [4.78, 5) is 12.0. The number of hydrogen-bond acceptors (Lipinski definition) is 4. The number of para-hydroxylation sites is 1. The van der Waals surface area contributed by atoms with E-state index >= 15 is 0 Å². The number of aliphatic hydroxyl groups excluding tert-OH is 1. The van der Waals surface area contributed by atoms with Crippen LogP contribution in [0.4, 0.5) is 5.95 Å². The van der Waals surface area contributed by atoms with Gasteiger partial charge in [-0.1, -0.05) is 48.5 Å². The van der Waals surface area contributed by atoms with E-state index in [0.717, 1.165) is 54.0 Å². The zero-order chi connectivity index (χ0) is 17.2. The van der Waals surface area contributed by atoms with E-state index in [1.807, 2.05) is 43.3 Å². The van der Waals surface area contributed by atoms with Crippen molar-refractivity contribution < 1.29 is 5.11 Å². The van der Waals surface area contributed by atoms with E-state index in [0.29, 0.717) is 0 Å². The summed E-state index contributed by atoms with van der Waals surface area (Å²) in [7, 11) is 0. The topological polar surface area (TPSA) is 49.2 Å². The summed E-state index contributed by atoms with van der Waals surface area (Å²) in [5.41, 5.74) is 3.04. The Balaban J connectivity index is 1.80. The van der Waals surface area contributed by atoms with Crippen LogP contribution in [-0.4, -0.2) is 34.3 Å². The number of nitrogens with zero attached hydrogens (tertiary/aromatic N) is 3. The Morgan fingerprint density at radius 2 is 1.80 bits per heavy atom. The van der Waals surface area contributed by atoms with Crippen molar-refractivity contribution in [3.05, 3.63) is 54.6 Å². The molecule has 2 heterocycles. The highest BCUT2D eigenvalue weighted by molar-refractivity contribution is 5.93. The molecule has 1 aliphatic rings. The Morgan fingerprint density at radius 1 is 1.04 bits per heavy atom. The quantitative estimate of drug-likeness (QED) is 0.790. The molecule has 25 heavy (non-hydrogen) atoms. The molecule has 128 valence electrons. The van der Waals surface area contributed by atoms with Crippen LogP contribution in [0.3, 0.4) is 0 Å². The van der Waals surface area contributed by atoms with E-state index < -0.39 is 0 Å². The molecule has 2 atom stereocenters. The Kier molecular flexibility index (Phi) is 4.36. The van der Waals surface area contributed by atoms with Gasteiger partial charge in [0, 0.05) is 30.0 Å². The summed E-state index contributed by atoms with van der Waals surface area (Å²) < 4.78 is 0. The van der Waals surface area contributed by atoms with Gasteiger partial charge in [0.15, 0.2) is 0 Å². The van der Waals surface area contributed by atoms with Gasteiger partial charge < -0.3 is 10.0 Å². The molecule has 4 rings (SSSR count). The molecule has 1 N–H and O–H groups in total. The number of hydrogen-bond donors (Lipinski definition) is 1. The second-order valence-corrected chi connectivity index (χ2v) is 6.84. The van der Waals surface area contributed by atoms with E-state index in [9.17, 15) is 5.11 Å². The van der Waals surface area contributed by atoms with Crippen molar-refractivity contribution in [1.29, 1.82) is 0 Å². The van der Waals surface area contributed by atoms with Gasteiger partial charge in [-0.25, -0.2) is 9.97 Å². The molecule has 0 spiro atoms. The average Bonchev–Trinajstić information content (AvgIpc) is 2.68. The molecule has 2 unspecified atom stereocenters. The Morgan fingerprint density at radius 3 is 2.60 bits per heavy atom. The fourth-order valence-corrected chi connectivity index (χ4v) is 3.61. The lowest BCUT2D eigenvalue weighted by Gasteiger charge is -2.34. The maximum absolute atomic E-state index is 9.98. The average molecular weight is 333 g/mol. The third kappa shape index (κ3) is 3.22. The van der Waals surface area contributed by atoms with E-state index in [1.54, 1.807) is 0 Å². The zero-order valence-electron chi connectivity index (χ0n) is 14.5. The highest BCUT2D eigenvalue weighted by Crippen LogP contribution is 2.30. The van der Waals surface area contributed by atoms with Crippen LogP contribution in [0.15, 0.2) is 54.6 Å². The van der Waals surface area contributed by atoms with Crippen molar-refractivity contribution in [3.8, 4) is 11.3 Å². The van der Waals surface area contributed by atoms with Crippen LogP contribution in [-0.2, 0) is 0 Å². The lowest BCUT2D eigenvalue weighted by molar-refractivity contribution is 0.115. The highest BCUT2D eigenvalue weighted by atomic mass is 16.3.